The van der Waals surface area contributed by atoms with E-state index in [1.807, 2.05) is 20.8 Å². The first-order valence-corrected chi connectivity index (χ1v) is 12.9. The Morgan fingerprint density at radius 2 is 1.86 bits per heavy atom. The molecular formula is C25H39NO9. The van der Waals surface area contributed by atoms with Crippen molar-refractivity contribution in [3.05, 3.63) is 0 Å². The Hall–Kier alpha value is -1.75. The number of ether oxygens (including phenoxy) is 3. The van der Waals surface area contributed by atoms with Crippen LogP contribution in [-0.4, -0.2) is 53.0 Å². The van der Waals surface area contributed by atoms with E-state index in [-0.39, 0.29) is 36.5 Å². The van der Waals surface area contributed by atoms with Gasteiger partial charge in [0.05, 0.1) is 6.42 Å². The minimum absolute atomic E-state index is 0.0260. The Balaban J connectivity index is 1.39. The summed E-state index contributed by atoms with van der Waals surface area (Å²) in [5.74, 6) is -2.80. The van der Waals surface area contributed by atoms with Crippen LogP contribution in [0, 0.1) is 29.6 Å². The maximum Gasteiger partial charge on any atom is 0.326 e. The van der Waals surface area contributed by atoms with Crippen molar-refractivity contribution >= 4 is 17.8 Å². The number of fused-ring (bicyclic) bond motifs is 2. The number of amides is 1. The normalized spacial score (nSPS) is 41.7. The monoisotopic (exact) mass is 497 g/mol. The van der Waals surface area contributed by atoms with Crippen molar-refractivity contribution < 1.29 is 43.5 Å². The van der Waals surface area contributed by atoms with E-state index in [0.717, 1.165) is 19.3 Å². The van der Waals surface area contributed by atoms with Crippen LogP contribution in [0.5, 0.6) is 0 Å². The number of carboxylic acid groups (broad SMARTS) is 1. The van der Waals surface area contributed by atoms with Gasteiger partial charge in [0.1, 0.15) is 6.04 Å². The smallest absolute Gasteiger partial charge is 0.326 e. The highest BCUT2D eigenvalue weighted by molar-refractivity contribution is 5.85. The van der Waals surface area contributed by atoms with E-state index in [2.05, 4.69) is 12.2 Å². The van der Waals surface area contributed by atoms with E-state index in [4.69, 9.17) is 24.0 Å². The molecule has 4 saturated heterocycles. The zero-order valence-corrected chi connectivity index (χ0v) is 21.3. The third kappa shape index (κ3) is 4.82. The van der Waals surface area contributed by atoms with Crippen molar-refractivity contribution in [2.45, 2.75) is 110 Å². The summed E-state index contributed by atoms with van der Waals surface area (Å²) >= 11 is 0. The second-order valence-corrected chi connectivity index (χ2v) is 11.0. The van der Waals surface area contributed by atoms with Gasteiger partial charge in [0, 0.05) is 24.7 Å². The fourth-order valence-electron chi connectivity index (χ4n) is 6.34. The highest BCUT2D eigenvalue weighted by Crippen LogP contribution is 2.60. The highest BCUT2D eigenvalue weighted by Gasteiger charge is 2.69. The Morgan fingerprint density at radius 3 is 2.54 bits per heavy atom. The molecule has 0 aromatic carbocycles. The average molecular weight is 498 g/mol. The number of hydrogen-bond donors (Lipinski definition) is 2. The van der Waals surface area contributed by atoms with Gasteiger partial charge < -0.3 is 24.6 Å². The van der Waals surface area contributed by atoms with Crippen LogP contribution >= 0.6 is 0 Å². The molecule has 0 radical (unpaired) electrons. The molecule has 1 spiro atoms. The van der Waals surface area contributed by atoms with Crippen LogP contribution in [-0.2, 0) is 38.4 Å². The average Bonchev–Trinajstić information content (AvgIpc) is 3.04. The number of carbonyl (C=O) groups excluding carboxylic acids is 2. The molecule has 10 nitrogen and oxygen atoms in total. The standard InChI is InChI=1S/C25H39NO9/c1-6-13(2)20(21(29)30)26-18(27)9-10-19(28)31-22-15(4)17-8-7-14(3)16-11-12-24(5)33-23(32-22)25(16,17)35-34-24/h13-17,20,22-23H,6-12H2,1-5H3,(H,26,27)(H,29,30)/t13-,14+,15+,16-,17-,20-,22+,23+,24+,25-/m0/s1. The van der Waals surface area contributed by atoms with E-state index in [1.54, 1.807) is 6.92 Å². The van der Waals surface area contributed by atoms with Gasteiger partial charge in [-0.05, 0) is 43.9 Å². The first kappa shape index (κ1) is 26.3. The molecule has 5 rings (SSSR count). The molecule has 10 heteroatoms. The molecule has 1 amide bonds. The molecule has 0 unspecified atom stereocenters. The minimum Gasteiger partial charge on any atom is -0.480 e. The first-order valence-electron chi connectivity index (χ1n) is 12.9. The van der Waals surface area contributed by atoms with Crippen LogP contribution in [0.1, 0.15) is 79.6 Å². The Morgan fingerprint density at radius 1 is 1.11 bits per heavy atom. The third-order valence-corrected chi connectivity index (χ3v) is 8.70. The lowest BCUT2D eigenvalue weighted by Crippen LogP contribution is -2.70. The molecule has 35 heavy (non-hydrogen) atoms. The highest BCUT2D eigenvalue weighted by atomic mass is 17.3. The van der Waals surface area contributed by atoms with E-state index in [9.17, 15) is 19.5 Å². The fourth-order valence-corrected chi connectivity index (χ4v) is 6.34. The second kappa shape index (κ2) is 9.95. The molecule has 198 valence electrons. The molecular weight excluding hydrogens is 458 g/mol. The molecule has 4 heterocycles. The van der Waals surface area contributed by atoms with Crippen LogP contribution < -0.4 is 5.32 Å². The molecule has 0 aromatic rings. The number of carbonyl (C=O) groups is 3. The largest absolute Gasteiger partial charge is 0.480 e. The Kier molecular flexibility index (Phi) is 7.48. The van der Waals surface area contributed by atoms with Crippen molar-refractivity contribution in [1.82, 2.24) is 5.32 Å². The molecule has 4 aliphatic heterocycles. The van der Waals surface area contributed by atoms with Gasteiger partial charge in [-0.15, -0.1) is 0 Å². The van der Waals surface area contributed by atoms with E-state index < -0.39 is 47.9 Å². The molecule has 0 aromatic heterocycles. The lowest BCUT2D eigenvalue weighted by molar-refractivity contribution is -0.576. The van der Waals surface area contributed by atoms with Gasteiger partial charge in [0.15, 0.2) is 11.9 Å². The van der Waals surface area contributed by atoms with Gasteiger partial charge in [-0.25, -0.2) is 14.6 Å². The lowest BCUT2D eigenvalue weighted by Gasteiger charge is -2.59. The lowest BCUT2D eigenvalue weighted by atomic mass is 9.58. The zero-order chi connectivity index (χ0) is 25.5. The number of rotatable bonds is 8. The van der Waals surface area contributed by atoms with Crippen LogP contribution in [0.3, 0.4) is 0 Å². The van der Waals surface area contributed by atoms with Crippen molar-refractivity contribution in [3.8, 4) is 0 Å². The maximum atomic E-state index is 12.7. The summed E-state index contributed by atoms with van der Waals surface area (Å²) in [5, 5.41) is 11.9. The summed E-state index contributed by atoms with van der Waals surface area (Å²) in [7, 11) is 0. The molecule has 2 bridgehead atoms. The van der Waals surface area contributed by atoms with E-state index in [0.29, 0.717) is 18.8 Å². The summed E-state index contributed by atoms with van der Waals surface area (Å²) in [6.45, 7) is 9.67. The summed E-state index contributed by atoms with van der Waals surface area (Å²) < 4.78 is 18.2. The molecule has 1 aliphatic carbocycles. The number of hydrogen-bond acceptors (Lipinski definition) is 8. The molecule has 2 N–H and O–H groups in total. The molecule has 1 saturated carbocycles. The van der Waals surface area contributed by atoms with Gasteiger partial charge in [-0.3, -0.25) is 9.59 Å². The van der Waals surface area contributed by atoms with E-state index >= 15 is 0 Å². The molecule has 10 atom stereocenters. The van der Waals surface area contributed by atoms with Gasteiger partial charge in [0.2, 0.25) is 18.0 Å². The SMILES string of the molecule is CC[C@H](C)[C@H](NC(=O)CCC(=O)O[C@@H]1O[C@@H]2O[C@@]3(C)CC[C@H]4[C@H](C)CC[C@@H]([C@H]1C)[C@]24OO3)C(=O)O. The summed E-state index contributed by atoms with van der Waals surface area (Å²) in [4.78, 5) is 48.3. The number of esters is 1. The first-order chi connectivity index (χ1) is 16.5. The van der Waals surface area contributed by atoms with Crippen LogP contribution in [0.15, 0.2) is 0 Å². The van der Waals surface area contributed by atoms with Gasteiger partial charge in [0.25, 0.3) is 0 Å². The van der Waals surface area contributed by atoms with Crippen LogP contribution in [0.4, 0.5) is 0 Å². The fraction of sp³-hybridized carbons (Fsp3) is 0.880. The Bertz CT molecular complexity index is 836. The van der Waals surface area contributed by atoms with Crippen LogP contribution in [0.2, 0.25) is 0 Å². The summed E-state index contributed by atoms with van der Waals surface area (Å²) in [5.41, 5.74) is -0.738. The summed E-state index contributed by atoms with van der Waals surface area (Å²) in [6, 6.07) is -0.991. The number of aliphatic carboxylic acids is 1. The predicted molar refractivity (Wildman–Crippen MR) is 121 cm³/mol. The predicted octanol–water partition coefficient (Wildman–Crippen LogP) is 3.13. The van der Waals surface area contributed by atoms with Gasteiger partial charge in [-0.1, -0.05) is 34.1 Å². The van der Waals surface area contributed by atoms with Crippen molar-refractivity contribution in [3.63, 3.8) is 0 Å². The number of carboxylic acids is 1. The minimum atomic E-state index is -1.09. The molecule has 5 fully saturated rings. The topological polar surface area (TPSA) is 130 Å². The van der Waals surface area contributed by atoms with Crippen molar-refractivity contribution in [2.24, 2.45) is 29.6 Å². The molecule has 5 aliphatic rings. The number of nitrogens with one attached hydrogen (secondary N) is 1. The Labute approximate surface area is 206 Å². The van der Waals surface area contributed by atoms with Crippen molar-refractivity contribution in [1.29, 1.82) is 0 Å². The maximum absolute atomic E-state index is 12.7. The zero-order valence-electron chi connectivity index (χ0n) is 21.3. The van der Waals surface area contributed by atoms with Gasteiger partial charge in [-0.2, -0.15) is 0 Å². The third-order valence-electron chi connectivity index (χ3n) is 8.70. The van der Waals surface area contributed by atoms with E-state index in [1.165, 1.54) is 0 Å². The van der Waals surface area contributed by atoms with Crippen molar-refractivity contribution in [2.75, 3.05) is 0 Å². The second-order valence-electron chi connectivity index (χ2n) is 11.0. The van der Waals surface area contributed by atoms with Crippen LogP contribution in [0.25, 0.3) is 0 Å². The summed E-state index contributed by atoms with van der Waals surface area (Å²) in [6.07, 6.45) is 2.23. The quantitative estimate of drug-likeness (QED) is 0.384. The van der Waals surface area contributed by atoms with Gasteiger partial charge >= 0.3 is 11.9 Å².